The Labute approximate surface area is 193 Å². The molecular formula is C23H29ClN6O2. The number of anilines is 2. The number of rotatable bonds is 4. The molecule has 2 atom stereocenters. The van der Waals surface area contributed by atoms with Gasteiger partial charge >= 0.3 is 0 Å². The summed E-state index contributed by atoms with van der Waals surface area (Å²) < 4.78 is 5.45. The fourth-order valence-corrected chi connectivity index (χ4v) is 4.25. The predicted molar refractivity (Wildman–Crippen MR) is 130 cm³/mol. The van der Waals surface area contributed by atoms with Crippen LogP contribution in [0.25, 0.3) is 22.2 Å². The lowest BCUT2D eigenvalue weighted by molar-refractivity contribution is 0.122. The van der Waals surface area contributed by atoms with Crippen molar-refractivity contribution in [1.82, 2.24) is 20.3 Å². The number of aromatic amines is 1. The van der Waals surface area contributed by atoms with E-state index in [-0.39, 0.29) is 24.0 Å². The van der Waals surface area contributed by atoms with Gasteiger partial charge in [-0.1, -0.05) is 24.3 Å². The minimum Gasteiger partial charge on any atom is -0.378 e. The molecule has 2 aromatic heterocycles. The Morgan fingerprint density at radius 1 is 1.09 bits per heavy atom. The van der Waals surface area contributed by atoms with Crippen LogP contribution in [-0.4, -0.2) is 59.9 Å². The molecule has 0 spiro atoms. The molecule has 0 bridgehead atoms. The summed E-state index contributed by atoms with van der Waals surface area (Å²) in [5.74, 6) is 1.17. The zero-order valence-electron chi connectivity index (χ0n) is 18.1. The lowest BCUT2D eigenvalue weighted by Gasteiger charge is -2.30. The third-order valence-corrected chi connectivity index (χ3v) is 6.07. The van der Waals surface area contributed by atoms with Crippen LogP contribution < -0.4 is 21.1 Å². The van der Waals surface area contributed by atoms with Crippen LogP contribution in [-0.2, 0) is 4.74 Å². The number of aromatic nitrogens is 3. The van der Waals surface area contributed by atoms with E-state index in [0.29, 0.717) is 55.4 Å². The predicted octanol–water partition coefficient (Wildman–Crippen LogP) is 2.80. The van der Waals surface area contributed by atoms with Crippen LogP contribution in [0.4, 0.5) is 11.8 Å². The monoisotopic (exact) mass is 456 g/mol. The molecule has 170 valence electrons. The summed E-state index contributed by atoms with van der Waals surface area (Å²) in [6, 6.07) is 12.5. The number of ether oxygens (including phenoxy) is 1. The maximum Gasteiger partial charge on any atom is 0.263 e. The zero-order chi connectivity index (χ0) is 21.2. The number of morpholine rings is 1. The fraction of sp³-hybridized carbons (Fsp3) is 0.435. The van der Waals surface area contributed by atoms with Crippen LogP contribution in [0.3, 0.4) is 0 Å². The van der Waals surface area contributed by atoms with Gasteiger partial charge in [0, 0.05) is 37.1 Å². The molecule has 2 saturated heterocycles. The first-order chi connectivity index (χ1) is 15.2. The molecule has 32 heavy (non-hydrogen) atoms. The van der Waals surface area contributed by atoms with Gasteiger partial charge in [-0.15, -0.1) is 12.4 Å². The largest absolute Gasteiger partial charge is 0.378 e. The highest BCUT2D eigenvalue weighted by Crippen LogP contribution is 2.26. The Balaban J connectivity index is 0.00000245. The van der Waals surface area contributed by atoms with Crippen LogP contribution in [0, 0.1) is 0 Å². The molecule has 3 aromatic rings. The van der Waals surface area contributed by atoms with Crippen molar-refractivity contribution in [1.29, 1.82) is 0 Å². The smallest absolute Gasteiger partial charge is 0.263 e. The first-order valence-corrected chi connectivity index (χ1v) is 11.0. The van der Waals surface area contributed by atoms with Crippen molar-refractivity contribution in [2.24, 2.45) is 0 Å². The van der Waals surface area contributed by atoms with Crippen molar-refractivity contribution in [3.63, 3.8) is 0 Å². The number of hydrogen-bond donors (Lipinski definition) is 3. The van der Waals surface area contributed by atoms with E-state index < -0.39 is 0 Å². The molecule has 8 nitrogen and oxygen atoms in total. The maximum atomic E-state index is 13.3. The van der Waals surface area contributed by atoms with Crippen molar-refractivity contribution in [3.8, 4) is 11.3 Å². The van der Waals surface area contributed by atoms with Gasteiger partial charge in [0.05, 0.1) is 24.4 Å². The summed E-state index contributed by atoms with van der Waals surface area (Å²) in [5, 5.41) is 8.10. The molecule has 2 aliphatic heterocycles. The second kappa shape index (κ2) is 9.85. The number of H-pyrrole nitrogens is 1. The lowest BCUT2D eigenvalue weighted by Crippen LogP contribution is -2.44. The van der Waals surface area contributed by atoms with Gasteiger partial charge in [0.25, 0.3) is 5.56 Å². The normalized spacial score (nSPS) is 21.2. The Bertz CT molecular complexity index is 1120. The van der Waals surface area contributed by atoms with E-state index in [1.54, 1.807) is 0 Å². The molecule has 1 aromatic carbocycles. The van der Waals surface area contributed by atoms with E-state index in [9.17, 15) is 4.79 Å². The first-order valence-electron chi connectivity index (χ1n) is 11.0. The minimum atomic E-state index is -0.182. The molecule has 0 radical (unpaired) electrons. The Morgan fingerprint density at radius 2 is 1.91 bits per heavy atom. The quantitative estimate of drug-likeness (QED) is 0.555. The maximum absolute atomic E-state index is 13.3. The molecule has 2 fully saturated rings. The Morgan fingerprint density at radius 3 is 2.69 bits per heavy atom. The summed E-state index contributed by atoms with van der Waals surface area (Å²) in [7, 11) is 0. The van der Waals surface area contributed by atoms with Crippen LogP contribution >= 0.6 is 12.4 Å². The van der Waals surface area contributed by atoms with Crippen LogP contribution in [0.1, 0.15) is 19.8 Å². The molecule has 4 heterocycles. The van der Waals surface area contributed by atoms with Crippen molar-refractivity contribution in [2.75, 3.05) is 43.1 Å². The molecule has 9 heteroatoms. The van der Waals surface area contributed by atoms with Crippen LogP contribution in [0.15, 0.2) is 41.2 Å². The summed E-state index contributed by atoms with van der Waals surface area (Å²) in [6.45, 7) is 5.71. The lowest BCUT2D eigenvalue weighted by atomic mass is 10.0. The van der Waals surface area contributed by atoms with E-state index in [2.05, 4.69) is 27.4 Å². The van der Waals surface area contributed by atoms with E-state index >= 15 is 0 Å². The second-order valence-electron chi connectivity index (χ2n) is 8.33. The minimum absolute atomic E-state index is 0. The standard InChI is InChI=1S/C23H28N6O2.ClH/c1-15-6-8-17(14-24-15)25-21-20(19-9-7-16-4-2-3-5-18(16)26-19)22(30)28-23(27-21)29-10-12-31-13-11-29;/h2-5,7,9,15,17,24H,6,8,10-14H2,1H3,(H2,25,27,28,30);1H. The molecule has 2 unspecified atom stereocenters. The van der Waals surface area contributed by atoms with Gasteiger partial charge in [-0.2, -0.15) is 4.98 Å². The first kappa shape index (κ1) is 22.5. The number of halogens is 1. The van der Waals surface area contributed by atoms with E-state index in [0.717, 1.165) is 30.3 Å². The van der Waals surface area contributed by atoms with Crippen molar-refractivity contribution in [3.05, 3.63) is 46.8 Å². The fourth-order valence-electron chi connectivity index (χ4n) is 4.25. The highest BCUT2D eigenvalue weighted by Gasteiger charge is 2.23. The number of hydrogen-bond acceptors (Lipinski definition) is 7. The SMILES string of the molecule is CC1CCC(Nc2nc(N3CCOCC3)[nH]c(=O)c2-c2ccc3ccccc3n2)CN1.Cl. The summed E-state index contributed by atoms with van der Waals surface area (Å²) in [5.41, 5.74) is 1.79. The number of nitrogens with zero attached hydrogens (tertiary/aromatic N) is 3. The van der Waals surface area contributed by atoms with E-state index in [4.69, 9.17) is 14.7 Å². The van der Waals surface area contributed by atoms with Gasteiger partial charge in [-0.25, -0.2) is 4.98 Å². The molecule has 5 rings (SSSR count). The van der Waals surface area contributed by atoms with Crippen LogP contribution in [0.5, 0.6) is 0 Å². The van der Waals surface area contributed by atoms with Gasteiger partial charge in [-0.3, -0.25) is 9.78 Å². The van der Waals surface area contributed by atoms with Gasteiger partial charge in [-0.05, 0) is 31.9 Å². The average molecular weight is 457 g/mol. The zero-order valence-corrected chi connectivity index (χ0v) is 19.0. The Hall–Kier alpha value is -2.68. The van der Waals surface area contributed by atoms with Crippen LogP contribution in [0.2, 0.25) is 0 Å². The number of pyridine rings is 1. The van der Waals surface area contributed by atoms with Gasteiger partial charge in [0.2, 0.25) is 5.95 Å². The van der Waals surface area contributed by atoms with E-state index in [1.807, 2.05) is 36.4 Å². The third kappa shape index (κ3) is 4.72. The molecular weight excluding hydrogens is 428 g/mol. The molecule has 2 aliphatic rings. The van der Waals surface area contributed by atoms with Gasteiger partial charge in [0.15, 0.2) is 0 Å². The van der Waals surface area contributed by atoms with E-state index in [1.165, 1.54) is 0 Å². The molecule has 0 aliphatic carbocycles. The topological polar surface area (TPSA) is 95.2 Å². The number of para-hydroxylation sites is 1. The van der Waals surface area contributed by atoms with Gasteiger partial charge in [0.1, 0.15) is 11.4 Å². The highest BCUT2D eigenvalue weighted by atomic mass is 35.5. The number of benzene rings is 1. The number of piperidine rings is 1. The number of fused-ring (bicyclic) bond motifs is 1. The van der Waals surface area contributed by atoms with Crippen molar-refractivity contribution >= 4 is 35.1 Å². The summed E-state index contributed by atoms with van der Waals surface area (Å²) in [4.78, 5) is 28.0. The highest BCUT2D eigenvalue weighted by molar-refractivity contribution is 5.85. The summed E-state index contributed by atoms with van der Waals surface area (Å²) in [6.07, 6.45) is 2.11. The molecule has 0 amide bonds. The molecule has 0 saturated carbocycles. The number of nitrogens with one attached hydrogen (secondary N) is 3. The third-order valence-electron chi connectivity index (χ3n) is 6.07. The molecule has 3 N–H and O–H groups in total. The average Bonchev–Trinajstić information content (AvgIpc) is 2.81. The van der Waals surface area contributed by atoms with Gasteiger partial charge < -0.3 is 20.3 Å². The van der Waals surface area contributed by atoms with Crippen molar-refractivity contribution < 1.29 is 4.74 Å². The second-order valence-corrected chi connectivity index (χ2v) is 8.33. The Kier molecular flexibility index (Phi) is 6.93. The summed E-state index contributed by atoms with van der Waals surface area (Å²) >= 11 is 0. The van der Waals surface area contributed by atoms with Crippen molar-refractivity contribution in [2.45, 2.75) is 31.8 Å².